The van der Waals surface area contributed by atoms with Crippen molar-refractivity contribution in [1.29, 1.82) is 0 Å². The molecule has 0 aliphatic carbocycles. The van der Waals surface area contributed by atoms with Crippen LogP contribution in [-0.2, 0) is 19.6 Å². The summed E-state index contributed by atoms with van der Waals surface area (Å²) in [5, 5.41) is 5.52. The van der Waals surface area contributed by atoms with Crippen molar-refractivity contribution in [2.24, 2.45) is 5.92 Å². The second-order valence-corrected chi connectivity index (χ2v) is 6.71. The largest absolute Gasteiger partial charge is 0.463 e. The van der Waals surface area contributed by atoms with Gasteiger partial charge in [-0.3, -0.25) is 4.90 Å². The molecule has 1 N–H and O–H groups in total. The third kappa shape index (κ3) is 5.26. The average Bonchev–Trinajstić information content (AvgIpc) is 3.00. The SMILES string of the molecule is Cc1cc(CN(C)Cc2cscn2)oc1CNCC(C)C. The van der Waals surface area contributed by atoms with Gasteiger partial charge >= 0.3 is 0 Å². The van der Waals surface area contributed by atoms with Crippen molar-refractivity contribution in [2.45, 2.75) is 40.4 Å². The van der Waals surface area contributed by atoms with Gasteiger partial charge in [0.2, 0.25) is 0 Å². The first-order valence-electron chi connectivity index (χ1n) is 7.39. The number of thiazole rings is 1. The van der Waals surface area contributed by atoms with Crippen molar-refractivity contribution in [3.8, 4) is 0 Å². The second-order valence-electron chi connectivity index (χ2n) is 6.00. The van der Waals surface area contributed by atoms with E-state index >= 15 is 0 Å². The number of hydrogen-bond acceptors (Lipinski definition) is 5. The van der Waals surface area contributed by atoms with Crippen LogP contribution in [0.3, 0.4) is 0 Å². The molecule has 0 aromatic carbocycles. The van der Waals surface area contributed by atoms with Crippen molar-refractivity contribution in [3.05, 3.63) is 39.7 Å². The zero-order valence-electron chi connectivity index (χ0n) is 13.3. The van der Waals surface area contributed by atoms with E-state index < -0.39 is 0 Å². The molecule has 0 unspecified atom stereocenters. The van der Waals surface area contributed by atoms with Crippen molar-refractivity contribution in [1.82, 2.24) is 15.2 Å². The Balaban J connectivity index is 1.86. The van der Waals surface area contributed by atoms with E-state index in [4.69, 9.17) is 4.42 Å². The number of nitrogens with zero attached hydrogens (tertiary/aromatic N) is 2. The highest BCUT2D eigenvalue weighted by Gasteiger charge is 2.10. The standard InChI is InChI=1S/C16H25N3OS/c1-12(2)6-17-7-16-13(3)5-15(20-16)9-19(4)8-14-10-21-11-18-14/h5,10-12,17H,6-9H2,1-4H3. The molecule has 0 bridgehead atoms. The van der Waals surface area contributed by atoms with Crippen molar-refractivity contribution in [3.63, 3.8) is 0 Å². The van der Waals surface area contributed by atoms with Crippen LogP contribution in [0.2, 0.25) is 0 Å². The van der Waals surface area contributed by atoms with Gasteiger partial charge in [-0.2, -0.15) is 0 Å². The number of aromatic nitrogens is 1. The summed E-state index contributed by atoms with van der Waals surface area (Å²) in [6.07, 6.45) is 0. The van der Waals surface area contributed by atoms with Gasteiger partial charge in [-0.15, -0.1) is 11.3 Å². The van der Waals surface area contributed by atoms with Crippen LogP contribution in [0.15, 0.2) is 21.4 Å². The number of rotatable bonds is 8. The predicted molar refractivity (Wildman–Crippen MR) is 87.3 cm³/mol. The van der Waals surface area contributed by atoms with Crippen LogP contribution in [-0.4, -0.2) is 23.5 Å². The van der Waals surface area contributed by atoms with E-state index in [2.05, 4.69) is 54.5 Å². The van der Waals surface area contributed by atoms with Gasteiger partial charge in [0.05, 0.1) is 24.3 Å². The fourth-order valence-electron chi connectivity index (χ4n) is 2.23. The molecule has 2 heterocycles. The summed E-state index contributed by atoms with van der Waals surface area (Å²) < 4.78 is 5.96. The number of aryl methyl sites for hydroxylation is 1. The van der Waals surface area contributed by atoms with Gasteiger partial charge in [0, 0.05) is 11.9 Å². The van der Waals surface area contributed by atoms with Crippen LogP contribution >= 0.6 is 11.3 Å². The number of hydrogen-bond donors (Lipinski definition) is 1. The minimum absolute atomic E-state index is 0.656. The molecule has 4 nitrogen and oxygen atoms in total. The van der Waals surface area contributed by atoms with Gasteiger partial charge < -0.3 is 9.73 Å². The molecule has 0 atom stereocenters. The zero-order chi connectivity index (χ0) is 15.2. The highest BCUT2D eigenvalue weighted by Crippen LogP contribution is 2.17. The van der Waals surface area contributed by atoms with Crippen LogP contribution in [0.25, 0.3) is 0 Å². The maximum absolute atomic E-state index is 5.96. The van der Waals surface area contributed by atoms with Gasteiger partial charge in [-0.05, 0) is 38.1 Å². The molecule has 0 aliphatic rings. The first kappa shape index (κ1) is 16.2. The molecule has 0 saturated heterocycles. The molecular weight excluding hydrogens is 282 g/mol. The summed E-state index contributed by atoms with van der Waals surface area (Å²) in [5.74, 6) is 2.73. The van der Waals surface area contributed by atoms with Crippen LogP contribution in [0, 0.1) is 12.8 Å². The highest BCUT2D eigenvalue weighted by atomic mass is 32.1. The third-order valence-corrected chi connectivity index (χ3v) is 3.89. The molecule has 2 aromatic heterocycles. The van der Waals surface area contributed by atoms with Crippen LogP contribution in [0.4, 0.5) is 0 Å². The Morgan fingerprint density at radius 1 is 1.38 bits per heavy atom. The Labute approximate surface area is 131 Å². The Bertz CT molecular complexity index is 534. The Morgan fingerprint density at radius 3 is 2.86 bits per heavy atom. The summed E-state index contributed by atoms with van der Waals surface area (Å²) >= 11 is 1.64. The lowest BCUT2D eigenvalue weighted by molar-refractivity contribution is 0.280. The molecule has 0 radical (unpaired) electrons. The first-order valence-corrected chi connectivity index (χ1v) is 8.33. The van der Waals surface area contributed by atoms with Crippen LogP contribution in [0.5, 0.6) is 0 Å². The molecule has 21 heavy (non-hydrogen) atoms. The lowest BCUT2D eigenvalue weighted by atomic mass is 10.2. The van der Waals surface area contributed by atoms with E-state index in [9.17, 15) is 0 Å². The van der Waals surface area contributed by atoms with Gasteiger partial charge in [-0.1, -0.05) is 13.8 Å². The quantitative estimate of drug-likeness (QED) is 0.811. The molecular formula is C16H25N3OS. The first-order chi connectivity index (χ1) is 10.0. The van der Waals surface area contributed by atoms with Crippen LogP contribution < -0.4 is 5.32 Å². The number of nitrogens with one attached hydrogen (secondary N) is 1. The maximum atomic E-state index is 5.96. The molecule has 0 saturated carbocycles. The number of furan rings is 1. The van der Waals surface area contributed by atoms with E-state index in [0.29, 0.717) is 5.92 Å². The molecule has 116 valence electrons. The zero-order valence-corrected chi connectivity index (χ0v) is 14.2. The minimum atomic E-state index is 0.656. The van der Waals surface area contributed by atoms with E-state index in [1.165, 1.54) is 5.56 Å². The molecule has 0 fully saturated rings. The highest BCUT2D eigenvalue weighted by molar-refractivity contribution is 7.07. The molecule has 5 heteroatoms. The maximum Gasteiger partial charge on any atom is 0.120 e. The van der Waals surface area contributed by atoms with Gasteiger partial charge in [0.15, 0.2) is 0 Å². The smallest absolute Gasteiger partial charge is 0.120 e. The normalized spacial score (nSPS) is 11.7. The van der Waals surface area contributed by atoms with Crippen LogP contribution in [0.1, 0.15) is 36.6 Å². The topological polar surface area (TPSA) is 41.3 Å². The summed E-state index contributed by atoms with van der Waals surface area (Å²) in [6.45, 7) is 10.0. The average molecular weight is 307 g/mol. The fourth-order valence-corrected chi connectivity index (χ4v) is 2.78. The Hall–Kier alpha value is -1.17. The van der Waals surface area contributed by atoms with Crippen molar-refractivity contribution < 1.29 is 4.42 Å². The summed E-state index contributed by atoms with van der Waals surface area (Å²) in [5.41, 5.74) is 4.21. The molecule has 0 spiro atoms. The van der Waals surface area contributed by atoms with Crippen molar-refractivity contribution >= 4 is 11.3 Å². The summed E-state index contributed by atoms with van der Waals surface area (Å²) in [4.78, 5) is 6.53. The molecule has 2 rings (SSSR count). The third-order valence-electron chi connectivity index (χ3n) is 3.25. The molecule has 2 aromatic rings. The summed E-state index contributed by atoms with van der Waals surface area (Å²) in [6, 6.07) is 2.14. The Morgan fingerprint density at radius 2 is 2.19 bits per heavy atom. The van der Waals surface area contributed by atoms with E-state index in [1.54, 1.807) is 11.3 Å². The monoisotopic (exact) mass is 307 g/mol. The van der Waals surface area contributed by atoms with E-state index in [1.807, 2.05) is 5.51 Å². The van der Waals surface area contributed by atoms with Gasteiger partial charge in [0.25, 0.3) is 0 Å². The van der Waals surface area contributed by atoms with Crippen molar-refractivity contribution in [2.75, 3.05) is 13.6 Å². The summed E-state index contributed by atoms with van der Waals surface area (Å²) in [7, 11) is 2.09. The molecule has 0 aliphatic heterocycles. The second kappa shape index (κ2) is 7.73. The predicted octanol–water partition coefficient (Wildman–Crippen LogP) is 3.42. The lowest BCUT2D eigenvalue weighted by Gasteiger charge is -2.13. The van der Waals surface area contributed by atoms with E-state index in [0.717, 1.165) is 43.4 Å². The fraction of sp³-hybridized carbons (Fsp3) is 0.562. The minimum Gasteiger partial charge on any atom is -0.463 e. The van der Waals surface area contributed by atoms with E-state index in [-0.39, 0.29) is 0 Å². The lowest BCUT2D eigenvalue weighted by Crippen LogP contribution is -2.19. The molecule has 0 amide bonds. The van der Waals surface area contributed by atoms with Gasteiger partial charge in [0.1, 0.15) is 11.5 Å². The van der Waals surface area contributed by atoms with Gasteiger partial charge in [-0.25, -0.2) is 4.98 Å². The Kier molecular flexibility index (Phi) is 5.96.